The number of allylic oxidation sites excluding steroid dienone is 2. The number of rotatable bonds is 4. The number of aromatic nitrogens is 1. The summed E-state index contributed by atoms with van der Waals surface area (Å²) >= 11 is 0. The summed E-state index contributed by atoms with van der Waals surface area (Å²) < 4.78 is 5.58. The molecule has 5 heterocycles. The summed E-state index contributed by atoms with van der Waals surface area (Å²) in [5.74, 6) is 1.08. The van der Waals surface area contributed by atoms with Gasteiger partial charge in [-0.25, -0.2) is 5.01 Å². The van der Waals surface area contributed by atoms with Crippen molar-refractivity contribution in [3.8, 4) is 0 Å². The van der Waals surface area contributed by atoms with E-state index in [-0.39, 0.29) is 6.17 Å². The third-order valence-electron chi connectivity index (χ3n) is 8.77. The van der Waals surface area contributed by atoms with Crippen LogP contribution in [0.5, 0.6) is 0 Å². The highest BCUT2D eigenvalue weighted by Crippen LogP contribution is 2.41. The number of likely N-dealkylation sites (tertiary alicyclic amines) is 1. The van der Waals surface area contributed by atoms with Gasteiger partial charge in [-0.05, 0) is 98.9 Å². The summed E-state index contributed by atoms with van der Waals surface area (Å²) in [6, 6.07) is 7.91. The normalized spacial score (nSPS) is 24.4. The maximum Gasteiger partial charge on any atom is 0.143 e. The molecule has 1 unspecified atom stereocenters. The zero-order valence-electron chi connectivity index (χ0n) is 21.6. The van der Waals surface area contributed by atoms with Gasteiger partial charge in [0.1, 0.15) is 12.5 Å². The highest BCUT2D eigenvalue weighted by atomic mass is 16.5. The molecular formula is C29H39N5O. The first kappa shape index (κ1) is 22.9. The first-order valence-corrected chi connectivity index (χ1v) is 13.5. The smallest absolute Gasteiger partial charge is 0.143 e. The van der Waals surface area contributed by atoms with Crippen LogP contribution in [0.4, 0.5) is 0 Å². The molecule has 2 fully saturated rings. The fraction of sp³-hybridized carbons (Fsp3) is 0.552. The molecule has 2 saturated heterocycles. The first-order chi connectivity index (χ1) is 17.0. The topological polar surface area (TPSA) is 55.9 Å². The predicted molar refractivity (Wildman–Crippen MR) is 143 cm³/mol. The van der Waals surface area contributed by atoms with Crippen molar-refractivity contribution in [1.82, 2.24) is 20.2 Å². The summed E-state index contributed by atoms with van der Waals surface area (Å²) in [6.45, 7) is 13.4. The van der Waals surface area contributed by atoms with Crippen molar-refractivity contribution in [2.75, 3.05) is 26.3 Å². The Hall–Kier alpha value is -2.57. The largest absolute Gasteiger partial charge is 0.381 e. The summed E-state index contributed by atoms with van der Waals surface area (Å²) in [4.78, 5) is 6.53. The molecule has 0 aliphatic carbocycles. The second kappa shape index (κ2) is 9.14. The Bertz CT molecular complexity index is 1190. The number of fused-ring (bicyclic) bond motifs is 2. The van der Waals surface area contributed by atoms with E-state index >= 15 is 0 Å². The average Bonchev–Trinajstić information content (AvgIpc) is 3.51. The SMILES string of the molecule is CC1=C(C)C2NC=NN2C=C1c1[nH]c2ccc(C3CCN(C4CCOCC4)CC3)cc2c1C(C)C. The second-order valence-electron chi connectivity index (χ2n) is 11.1. The molecule has 0 bridgehead atoms. The van der Waals surface area contributed by atoms with Gasteiger partial charge in [0.05, 0.1) is 5.69 Å². The molecule has 0 radical (unpaired) electrons. The number of piperidine rings is 1. The summed E-state index contributed by atoms with van der Waals surface area (Å²) in [5.41, 5.74) is 9.33. The van der Waals surface area contributed by atoms with Gasteiger partial charge in [-0.2, -0.15) is 5.10 Å². The van der Waals surface area contributed by atoms with Crippen LogP contribution in [0.3, 0.4) is 0 Å². The molecule has 186 valence electrons. The lowest BCUT2D eigenvalue weighted by molar-refractivity contribution is 0.0252. The van der Waals surface area contributed by atoms with Gasteiger partial charge in [0.2, 0.25) is 0 Å². The molecule has 4 aliphatic heterocycles. The molecule has 1 aromatic heterocycles. The van der Waals surface area contributed by atoms with Crippen LogP contribution in [0.1, 0.15) is 82.0 Å². The number of ether oxygens (including phenoxy) is 1. The summed E-state index contributed by atoms with van der Waals surface area (Å²) in [5, 5.41) is 11.3. The fourth-order valence-corrected chi connectivity index (χ4v) is 6.59. The number of benzene rings is 1. The van der Waals surface area contributed by atoms with Crippen LogP contribution in [0.25, 0.3) is 16.5 Å². The number of nitrogens with zero attached hydrogens (tertiary/aromatic N) is 3. The molecule has 1 atom stereocenters. The molecule has 6 rings (SSSR count). The highest BCUT2D eigenvalue weighted by molar-refractivity contribution is 5.93. The Kier molecular flexibility index (Phi) is 5.97. The Morgan fingerprint density at radius 1 is 1.06 bits per heavy atom. The van der Waals surface area contributed by atoms with E-state index in [9.17, 15) is 0 Å². The molecule has 2 N–H and O–H groups in total. The van der Waals surface area contributed by atoms with Crippen molar-refractivity contribution in [1.29, 1.82) is 0 Å². The van der Waals surface area contributed by atoms with Crippen molar-refractivity contribution in [2.24, 2.45) is 5.10 Å². The number of nitrogens with one attached hydrogen (secondary N) is 2. The minimum absolute atomic E-state index is 0.143. The van der Waals surface area contributed by atoms with Gasteiger partial charge in [-0.15, -0.1) is 0 Å². The minimum Gasteiger partial charge on any atom is -0.381 e. The predicted octanol–water partition coefficient (Wildman–Crippen LogP) is 5.52. The monoisotopic (exact) mass is 473 g/mol. The van der Waals surface area contributed by atoms with Crippen LogP contribution in [0.2, 0.25) is 0 Å². The van der Waals surface area contributed by atoms with Crippen molar-refractivity contribution in [3.05, 3.63) is 52.4 Å². The van der Waals surface area contributed by atoms with Crippen LogP contribution in [-0.4, -0.2) is 59.7 Å². The van der Waals surface area contributed by atoms with Crippen molar-refractivity contribution in [3.63, 3.8) is 0 Å². The van der Waals surface area contributed by atoms with Gasteiger partial charge in [0, 0.05) is 41.9 Å². The first-order valence-electron chi connectivity index (χ1n) is 13.5. The Morgan fingerprint density at radius 2 is 1.83 bits per heavy atom. The van der Waals surface area contributed by atoms with Gasteiger partial charge in [-0.3, -0.25) is 0 Å². The Labute approximate surface area is 209 Å². The van der Waals surface area contributed by atoms with Crippen LogP contribution < -0.4 is 5.32 Å². The zero-order chi connectivity index (χ0) is 24.1. The van der Waals surface area contributed by atoms with Gasteiger partial charge in [0.15, 0.2) is 0 Å². The number of hydrogen-bond donors (Lipinski definition) is 2. The molecule has 6 heteroatoms. The number of H-pyrrole nitrogens is 1. The number of hydrogen-bond acceptors (Lipinski definition) is 5. The number of hydrazone groups is 1. The van der Waals surface area contributed by atoms with E-state index < -0.39 is 0 Å². The fourth-order valence-electron chi connectivity index (χ4n) is 6.59. The van der Waals surface area contributed by atoms with Crippen LogP contribution in [0, 0.1) is 0 Å². The van der Waals surface area contributed by atoms with E-state index in [0.717, 1.165) is 19.3 Å². The molecule has 1 aromatic carbocycles. The highest BCUT2D eigenvalue weighted by Gasteiger charge is 2.31. The van der Waals surface area contributed by atoms with Crippen molar-refractivity contribution in [2.45, 2.75) is 77.4 Å². The number of aromatic amines is 1. The third kappa shape index (κ3) is 4.01. The lowest BCUT2D eigenvalue weighted by Gasteiger charge is -2.39. The van der Waals surface area contributed by atoms with E-state index in [4.69, 9.17) is 4.74 Å². The summed E-state index contributed by atoms with van der Waals surface area (Å²) in [6.07, 6.45) is 9.05. The van der Waals surface area contributed by atoms with E-state index in [1.807, 2.05) is 5.01 Å². The molecule has 6 nitrogen and oxygen atoms in total. The minimum atomic E-state index is 0.143. The molecule has 4 aliphatic rings. The maximum atomic E-state index is 5.58. The summed E-state index contributed by atoms with van der Waals surface area (Å²) in [7, 11) is 0. The average molecular weight is 474 g/mol. The maximum absolute atomic E-state index is 5.58. The molecule has 0 spiro atoms. The van der Waals surface area contributed by atoms with Gasteiger partial charge in [-0.1, -0.05) is 19.9 Å². The zero-order valence-corrected chi connectivity index (χ0v) is 21.6. The third-order valence-corrected chi connectivity index (χ3v) is 8.77. The Morgan fingerprint density at radius 3 is 2.57 bits per heavy atom. The van der Waals surface area contributed by atoms with E-state index in [1.165, 1.54) is 83.2 Å². The molecular weight excluding hydrogens is 434 g/mol. The van der Waals surface area contributed by atoms with E-state index in [2.05, 4.69) is 72.4 Å². The second-order valence-corrected chi connectivity index (χ2v) is 11.1. The van der Waals surface area contributed by atoms with Crippen LogP contribution in [-0.2, 0) is 4.74 Å². The lowest BCUT2D eigenvalue weighted by atomic mass is 9.86. The van der Waals surface area contributed by atoms with E-state index in [0.29, 0.717) is 11.8 Å². The van der Waals surface area contributed by atoms with Crippen molar-refractivity contribution < 1.29 is 4.74 Å². The van der Waals surface area contributed by atoms with E-state index in [1.54, 1.807) is 6.34 Å². The van der Waals surface area contributed by atoms with Crippen LogP contribution >= 0.6 is 0 Å². The van der Waals surface area contributed by atoms with Gasteiger partial charge in [0.25, 0.3) is 0 Å². The molecule has 0 saturated carbocycles. The standard InChI is InChI=1S/C29H39N5O/c1-18(2)27-24-15-22(21-7-11-33(12-8-21)23-9-13-35-14-10-23)5-6-26(24)32-28(27)25-16-34-29(30-17-31-34)20(4)19(25)3/h5-6,15-18,21,23,29,32H,7-14H2,1-4H3,(H,30,31). The molecule has 0 amide bonds. The molecule has 2 aromatic rings. The molecule has 35 heavy (non-hydrogen) atoms. The lowest BCUT2D eigenvalue weighted by Crippen LogP contribution is -2.43. The quantitative estimate of drug-likeness (QED) is 0.614. The Balaban J connectivity index is 1.30. The van der Waals surface area contributed by atoms with Crippen molar-refractivity contribution >= 4 is 22.8 Å². The van der Waals surface area contributed by atoms with Crippen LogP contribution in [0.15, 0.2) is 40.6 Å². The van der Waals surface area contributed by atoms with Gasteiger partial charge >= 0.3 is 0 Å². The van der Waals surface area contributed by atoms with Gasteiger partial charge < -0.3 is 19.9 Å².